The monoisotopic (exact) mass is 369 g/mol. The van der Waals surface area contributed by atoms with Crippen LogP contribution in [0.1, 0.15) is 24.2 Å². The van der Waals surface area contributed by atoms with Crippen molar-refractivity contribution in [3.8, 4) is 0 Å². The predicted octanol–water partition coefficient (Wildman–Crippen LogP) is 3.43. The predicted molar refractivity (Wildman–Crippen MR) is 73.1 cm³/mol. The molecule has 0 atom stereocenters. The molecule has 0 aliphatic rings. The third-order valence-corrected chi connectivity index (χ3v) is 4.47. The smallest absolute Gasteiger partial charge is 0.253 e. The summed E-state index contributed by atoms with van der Waals surface area (Å²) in [5, 5.41) is 2.84. The fourth-order valence-corrected chi connectivity index (χ4v) is 3.75. The number of hydrogen-bond acceptors (Lipinski definition) is 3. The Kier molecular flexibility index (Phi) is 4.97. The molecule has 6 heteroatoms. The highest BCUT2D eigenvalue weighted by Crippen LogP contribution is 2.31. The molecule has 0 radical (unpaired) electrons. The zero-order chi connectivity index (χ0) is 12.3. The summed E-state index contributed by atoms with van der Waals surface area (Å²) in [4.78, 5) is 11.8. The van der Waals surface area contributed by atoms with E-state index in [1.54, 1.807) is 13.2 Å². The van der Waals surface area contributed by atoms with Crippen molar-refractivity contribution in [2.45, 2.75) is 19.4 Å². The van der Waals surface area contributed by atoms with Gasteiger partial charge in [0.2, 0.25) is 0 Å². The van der Waals surface area contributed by atoms with Gasteiger partial charge >= 0.3 is 0 Å². The molecule has 0 saturated carbocycles. The van der Waals surface area contributed by atoms with Crippen LogP contribution in [0.3, 0.4) is 0 Å². The highest BCUT2D eigenvalue weighted by molar-refractivity contribution is 9.12. The maximum Gasteiger partial charge on any atom is 0.253 e. The number of amides is 1. The number of carbonyl (C=O) groups excluding carboxylic acids is 1. The highest BCUT2D eigenvalue weighted by atomic mass is 79.9. The van der Waals surface area contributed by atoms with Gasteiger partial charge in [-0.25, -0.2) is 0 Å². The van der Waals surface area contributed by atoms with Gasteiger partial charge in [-0.15, -0.1) is 11.3 Å². The van der Waals surface area contributed by atoms with Crippen LogP contribution < -0.4 is 5.32 Å². The van der Waals surface area contributed by atoms with E-state index in [-0.39, 0.29) is 11.5 Å². The van der Waals surface area contributed by atoms with E-state index in [1.807, 2.05) is 13.8 Å². The number of methoxy groups -OCH3 is 1. The first-order chi connectivity index (χ1) is 7.35. The van der Waals surface area contributed by atoms with Gasteiger partial charge in [-0.05, 0) is 51.8 Å². The molecule has 0 aliphatic heterocycles. The zero-order valence-electron chi connectivity index (χ0n) is 9.27. The molecule has 1 heterocycles. The number of thiophene rings is 1. The molecular formula is C10H13Br2NO2S. The Balaban J connectivity index is 2.63. The third kappa shape index (κ3) is 3.84. The quantitative estimate of drug-likeness (QED) is 0.881. The molecular weight excluding hydrogens is 358 g/mol. The van der Waals surface area contributed by atoms with Crippen molar-refractivity contribution < 1.29 is 9.53 Å². The fraction of sp³-hybridized carbons (Fsp3) is 0.500. The van der Waals surface area contributed by atoms with Gasteiger partial charge in [-0.1, -0.05) is 0 Å². The van der Waals surface area contributed by atoms with E-state index in [0.717, 1.165) is 7.57 Å². The Morgan fingerprint density at radius 3 is 2.62 bits per heavy atom. The van der Waals surface area contributed by atoms with E-state index in [0.29, 0.717) is 12.1 Å². The first-order valence-corrected chi connectivity index (χ1v) is 7.04. The van der Waals surface area contributed by atoms with Gasteiger partial charge in [0.25, 0.3) is 5.91 Å². The minimum Gasteiger partial charge on any atom is -0.377 e. The molecule has 0 aromatic carbocycles. The van der Waals surface area contributed by atoms with Gasteiger partial charge in [0.15, 0.2) is 0 Å². The summed E-state index contributed by atoms with van der Waals surface area (Å²) in [5.74, 6) is -0.0982. The molecule has 1 amide bonds. The summed E-state index contributed by atoms with van der Waals surface area (Å²) < 4.78 is 6.98. The van der Waals surface area contributed by atoms with Gasteiger partial charge < -0.3 is 10.1 Å². The van der Waals surface area contributed by atoms with Gasteiger partial charge in [-0.2, -0.15) is 0 Å². The van der Waals surface area contributed by atoms with Crippen LogP contribution in [-0.2, 0) is 4.74 Å². The second-order valence-corrected chi connectivity index (χ2v) is 7.63. The highest BCUT2D eigenvalue weighted by Gasteiger charge is 2.19. The molecule has 0 aliphatic carbocycles. The maximum absolute atomic E-state index is 11.8. The Morgan fingerprint density at radius 1 is 1.56 bits per heavy atom. The molecule has 1 aromatic rings. The second kappa shape index (κ2) is 5.62. The number of rotatable bonds is 4. The molecule has 0 saturated heterocycles. The van der Waals surface area contributed by atoms with Crippen LogP contribution >= 0.6 is 43.2 Å². The lowest BCUT2D eigenvalue weighted by molar-refractivity contribution is 0.0228. The normalized spacial score (nSPS) is 11.6. The fourth-order valence-electron chi connectivity index (χ4n) is 0.956. The largest absolute Gasteiger partial charge is 0.377 e. The van der Waals surface area contributed by atoms with Crippen molar-refractivity contribution in [2.75, 3.05) is 13.7 Å². The number of hydrogen-bond donors (Lipinski definition) is 1. The van der Waals surface area contributed by atoms with Crippen molar-refractivity contribution in [1.82, 2.24) is 5.32 Å². The van der Waals surface area contributed by atoms with E-state index < -0.39 is 0 Å². The number of nitrogens with one attached hydrogen (secondary N) is 1. The number of halogens is 2. The lowest BCUT2D eigenvalue weighted by Crippen LogP contribution is -2.39. The van der Waals surface area contributed by atoms with Crippen LogP contribution in [0.4, 0.5) is 0 Å². The minimum atomic E-state index is -0.352. The van der Waals surface area contributed by atoms with E-state index >= 15 is 0 Å². The lowest BCUT2D eigenvalue weighted by Gasteiger charge is -2.22. The Labute approximate surface area is 116 Å². The molecule has 1 aromatic heterocycles. The topological polar surface area (TPSA) is 38.3 Å². The molecule has 16 heavy (non-hydrogen) atoms. The van der Waals surface area contributed by atoms with Crippen LogP contribution in [0.2, 0.25) is 0 Å². The molecule has 0 spiro atoms. The summed E-state index contributed by atoms with van der Waals surface area (Å²) in [7, 11) is 1.63. The molecule has 90 valence electrons. The summed E-state index contributed by atoms with van der Waals surface area (Å²) in [6.45, 7) is 4.32. The molecule has 0 unspecified atom stereocenters. The van der Waals surface area contributed by atoms with Gasteiger partial charge in [0, 0.05) is 13.7 Å². The first-order valence-electron chi connectivity index (χ1n) is 4.64. The molecule has 3 nitrogen and oxygen atoms in total. The Hall–Kier alpha value is 0.0900. The zero-order valence-corrected chi connectivity index (χ0v) is 13.3. The summed E-state index contributed by atoms with van der Waals surface area (Å²) >= 11 is 8.17. The number of carbonyl (C=O) groups is 1. The average molecular weight is 371 g/mol. The van der Waals surface area contributed by atoms with Gasteiger partial charge in [-0.3, -0.25) is 4.79 Å². The van der Waals surface area contributed by atoms with Crippen LogP contribution in [0.15, 0.2) is 13.6 Å². The standard InChI is InChI=1S/C10H13Br2NO2S/c1-10(2,15-3)5-13-9(14)6-4-7(11)16-8(6)12/h4H,5H2,1-3H3,(H,13,14). The maximum atomic E-state index is 11.8. The van der Waals surface area contributed by atoms with Crippen LogP contribution in [-0.4, -0.2) is 25.2 Å². The minimum absolute atomic E-state index is 0.0982. The van der Waals surface area contributed by atoms with E-state index in [2.05, 4.69) is 37.2 Å². The van der Waals surface area contributed by atoms with Gasteiger partial charge in [0.05, 0.1) is 18.7 Å². The third-order valence-electron chi connectivity index (χ3n) is 2.13. The molecule has 1 rings (SSSR count). The molecule has 0 fully saturated rings. The van der Waals surface area contributed by atoms with Crippen molar-refractivity contribution in [1.29, 1.82) is 0 Å². The first kappa shape index (κ1) is 14.2. The second-order valence-electron chi connectivity index (χ2n) is 3.88. The Morgan fingerprint density at radius 2 is 2.19 bits per heavy atom. The SMILES string of the molecule is COC(C)(C)CNC(=O)c1cc(Br)sc1Br. The van der Waals surface area contributed by atoms with Crippen molar-refractivity contribution in [3.05, 3.63) is 19.2 Å². The number of ether oxygens (including phenoxy) is 1. The summed E-state index contributed by atoms with van der Waals surface area (Å²) in [6.07, 6.45) is 0. The average Bonchev–Trinajstić information content (AvgIpc) is 2.54. The lowest BCUT2D eigenvalue weighted by atomic mass is 10.1. The summed E-state index contributed by atoms with van der Waals surface area (Å²) in [6, 6.07) is 1.80. The van der Waals surface area contributed by atoms with Crippen LogP contribution in [0, 0.1) is 0 Å². The van der Waals surface area contributed by atoms with E-state index in [1.165, 1.54) is 11.3 Å². The van der Waals surface area contributed by atoms with Gasteiger partial charge in [0.1, 0.15) is 0 Å². The molecule has 1 N–H and O–H groups in total. The van der Waals surface area contributed by atoms with Crippen LogP contribution in [0.5, 0.6) is 0 Å². The van der Waals surface area contributed by atoms with E-state index in [9.17, 15) is 4.79 Å². The van der Waals surface area contributed by atoms with Crippen molar-refractivity contribution in [2.24, 2.45) is 0 Å². The summed E-state index contributed by atoms with van der Waals surface area (Å²) in [5.41, 5.74) is 0.291. The molecule has 0 bridgehead atoms. The van der Waals surface area contributed by atoms with E-state index in [4.69, 9.17) is 4.74 Å². The van der Waals surface area contributed by atoms with Crippen LogP contribution in [0.25, 0.3) is 0 Å². The Bertz CT molecular complexity index is 390. The van der Waals surface area contributed by atoms with Crippen molar-refractivity contribution >= 4 is 49.1 Å². The van der Waals surface area contributed by atoms with Crippen molar-refractivity contribution in [3.63, 3.8) is 0 Å².